The van der Waals surface area contributed by atoms with E-state index in [9.17, 15) is 8.78 Å². The molecule has 0 heterocycles. The molecule has 1 aliphatic rings. The average Bonchev–Trinajstić information content (AvgIpc) is 2.69. The highest BCUT2D eigenvalue weighted by molar-refractivity contribution is 5.65. The van der Waals surface area contributed by atoms with Crippen LogP contribution in [0, 0.1) is 17.6 Å². The third-order valence-corrected chi connectivity index (χ3v) is 6.07. The average molecular weight is 369 g/mol. The molecule has 2 aromatic rings. The van der Waals surface area contributed by atoms with Crippen molar-refractivity contribution in [3.63, 3.8) is 0 Å². The molecule has 0 atom stereocenters. The minimum Gasteiger partial charge on any atom is -0.207 e. The highest BCUT2D eigenvalue weighted by atomic mass is 19.1. The molecular formula is C25H30F2. The Bertz CT molecular complexity index is 783. The van der Waals surface area contributed by atoms with Gasteiger partial charge in [0.1, 0.15) is 11.6 Å². The predicted octanol–water partition coefficient (Wildman–Crippen LogP) is 7.82. The first-order valence-corrected chi connectivity index (χ1v) is 10.3. The Kier molecular flexibility index (Phi) is 6.82. The van der Waals surface area contributed by atoms with Crippen LogP contribution in [-0.4, -0.2) is 0 Å². The Hall–Kier alpha value is -1.96. The Balaban J connectivity index is 1.75. The van der Waals surface area contributed by atoms with Gasteiger partial charge in [-0.2, -0.15) is 0 Å². The van der Waals surface area contributed by atoms with Crippen LogP contribution >= 0.6 is 0 Å². The maximum atomic E-state index is 14.8. The monoisotopic (exact) mass is 368 g/mol. The van der Waals surface area contributed by atoms with Gasteiger partial charge < -0.3 is 0 Å². The lowest BCUT2D eigenvalue weighted by molar-refractivity contribution is 0.318. The minimum atomic E-state index is -0.252. The van der Waals surface area contributed by atoms with E-state index in [2.05, 4.69) is 6.92 Å². The van der Waals surface area contributed by atoms with Crippen molar-refractivity contribution in [1.29, 1.82) is 0 Å². The molecule has 0 unspecified atom stereocenters. The van der Waals surface area contributed by atoms with E-state index < -0.39 is 0 Å². The van der Waals surface area contributed by atoms with Crippen molar-refractivity contribution in [3.8, 4) is 11.1 Å². The maximum absolute atomic E-state index is 14.8. The lowest BCUT2D eigenvalue weighted by Crippen LogP contribution is -2.12. The van der Waals surface area contributed by atoms with Crippen LogP contribution < -0.4 is 0 Å². The second kappa shape index (κ2) is 9.30. The molecule has 1 saturated carbocycles. The van der Waals surface area contributed by atoms with Gasteiger partial charge in [0.05, 0.1) is 0 Å². The molecule has 2 heteroatoms. The summed E-state index contributed by atoms with van der Waals surface area (Å²) < 4.78 is 29.2. The summed E-state index contributed by atoms with van der Waals surface area (Å²) in [5.41, 5.74) is 2.87. The molecule has 3 rings (SSSR count). The number of halogens is 2. The lowest BCUT2D eigenvalue weighted by Gasteiger charge is -2.28. The molecule has 0 bridgehead atoms. The van der Waals surface area contributed by atoms with Gasteiger partial charge in [-0.05, 0) is 86.1 Å². The zero-order valence-corrected chi connectivity index (χ0v) is 16.5. The molecule has 0 spiro atoms. The first-order chi connectivity index (χ1) is 13.1. The van der Waals surface area contributed by atoms with Crippen molar-refractivity contribution in [3.05, 3.63) is 71.3 Å². The number of hydrogen-bond donors (Lipinski definition) is 0. The van der Waals surface area contributed by atoms with E-state index in [1.54, 1.807) is 12.1 Å². The van der Waals surface area contributed by atoms with E-state index >= 15 is 0 Å². The van der Waals surface area contributed by atoms with Gasteiger partial charge >= 0.3 is 0 Å². The smallest absolute Gasteiger partial charge is 0.131 e. The van der Waals surface area contributed by atoms with Gasteiger partial charge in [0.2, 0.25) is 0 Å². The van der Waals surface area contributed by atoms with Crippen LogP contribution in [0.25, 0.3) is 11.1 Å². The summed E-state index contributed by atoms with van der Waals surface area (Å²) in [6.07, 6.45) is 11.5. The number of rotatable bonds is 6. The minimum absolute atomic E-state index is 0.244. The van der Waals surface area contributed by atoms with Crippen LogP contribution in [0.1, 0.15) is 69.4 Å². The summed E-state index contributed by atoms with van der Waals surface area (Å²) in [6.45, 7) is 4.21. The molecule has 0 radical (unpaired) electrons. The third kappa shape index (κ3) is 4.86. The molecular weight excluding hydrogens is 338 g/mol. The van der Waals surface area contributed by atoms with Crippen molar-refractivity contribution in [2.24, 2.45) is 5.92 Å². The summed E-state index contributed by atoms with van der Waals surface area (Å²) in [7, 11) is 0. The fourth-order valence-electron chi connectivity index (χ4n) is 4.25. The van der Waals surface area contributed by atoms with Crippen molar-refractivity contribution >= 4 is 0 Å². The summed E-state index contributed by atoms with van der Waals surface area (Å²) in [6, 6.07) is 10.6. The van der Waals surface area contributed by atoms with E-state index in [1.807, 2.05) is 37.3 Å². The van der Waals surface area contributed by atoms with E-state index in [0.717, 1.165) is 30.7 Å². The van der Waals surface area contributed by atoms with Gasteiger partial charge in [-0.3, -0.25) is 0 Å². The molecule has 2 aromatic carbocycles. The van der Waals surface area contributed by atoms with Crippen LogP contribution in [0.3, 0.4) is 0 Å². The summed E-state index contributed by atoms with van der Waals surface area (Å²) in [4.78, 5) is 0. The van der Waals surface area contributed by atoms with Gasteiger partial charge in [0.15, 0.2) is 0 Å². The molecule has 27 heavy (non-hydrogen) atoms. The van der Waals surface area contributed by atoms with Crippen LogP contribution in [0.2, 0.25) is 0 Å². The fourth-order valence-corrected chi connectivity index (χ4v) is 4.25. The third-order valence-electron chi connectivity index (χ3n) is 6.07. The Labute approximate surface area is 162 Å². The second-order valence-corrected chi connectivity index (χ2v) is 7.78. The molecule has 0 N–H and O–H groups in total. The van der Waals surface area contributed by atoms with Crippen LogP contribution in [0.15, 0.2) is 48.6 Å². The summed E-state index contributed by atoms with van der Waals surface area (Å²) in [5.74, 6) is 0.798. The van der Waals surface area contributed by atoms with E-state index in [0.29, 0.717) is 29.0 Å². The highest BCUT2D eigenvalue weighted by Gasteiger charge is 2.22. The van der Waals surface area contributed by atoms with Gasteiger partial charge in [-0.25, -0.2) is 8.78 Å². The van der Waals surface area contributed by atoms with Crippen molar-refractivity contribution in [2.45, 2.75) is 64.7 Å². The molecule has 1 aliphatic carbocycles. The zero-order valence-electron chi connectivity index (χ0n) is 16.5. The maximum Gasteiger partial charge on any atom is 0.131 e. The Morgan fingerprint density at radius 1 is 0.963 bits per heavy atom. The van der Waals surface area contributed by atoms with Crippen LogP contribution in [-0.2, 0) is 6.42 Å². The van der Waals surface area contributed by atoms with Crippen molar-refractivity contribution in [2.75, 3.05) is 0 Å². The van der Waals surface area contributed by atoms with Gasteiger partial charge in [0, 0.05) is 5.56 Å². The summed E-state index contributed by atoms with van der Waals surface area (Å²) >= 11 is 0. The van der Waals surface area contributed by atoms with Gasteiger partial charge in [-0.15, -0.1) is 0 Å². The number of allylic oxidation sites excluding steroid dienone is 2. The Morgan fingerprint density at radius 2 is 1.74 bits per heavy atom. The topological polar surface area (TPSA) is 0 Å². The van der Waals surface area contributed by atoms with Crippen molar-refractivity contribution < 1.29 is 8.78 Å². The first kappa shape index (κ1) is 19.8. The fraction of sp³-hybridized carbons (Fsp3) is 0.440. The number of benzene rings is 2. The van der Waals surface area contributed by atoms with Crippen LogP contribution in [0.5, 0.6) is 0 Å². The predicted molar refractivity (Wildman–Crippen MR) is 110 cm³/mol. The first-order valence-electron chi connectivity index (χ1n) is 10.3. The van der Waals surface area contributed by atoms with Crippen molar-refractivity contribution in [1.82, 2.24) is 0 Å². The standard InChI is InChI=1S/C25H30F2/c1-3-5-6-7-20-12-13-22(17-24(20)26)23-15-14-21(16-25(23)27)19-10-8-18(4-2)9-11-19/h3,5,12-19H,4,6-11H2,1-2H3/b5-3+. The van der Waals surface area contributed by atoms with E-state index in [4.69, 9.17) is 0 Å². The van der Waals surface area contributed by atoms with E-state index in [-0.39, 0.29) is 11.6 Å². The molecule has 144 valence electrons. The largest absolute Gasteiger partial charge is 0.207 e. The quantitative estimate of drug-likeness (QED) is 0.456. The zero-order chi connectivity index (χ0) is 19.2. The van der Waals surface area contributed by atoms with Gasteiger partial charge in [0.25, 0.3) is 0 Å². The second-order valence-electron chi connectivity index (χ2n) is 7.78. The summed E-state index contributed by atoms with van der Waals surface area (Å²) in [5, 5.41) is 0. The molecule has 0 nitrogen and oxygen atoms in total. The van der Waals surface area contributed by atoms with Gasteiger partial charge in [-0.1, -0.05) is 49.8 Å². The number of aryl methyl sites for hydroxylation is 1. The molecule has 0 amide bonds. The van der Waals surface area contributed by atoms with Crippen LogP contribution in [0.4, 0.5) is 8.78 Å². The molecule has 0 aliphatic heterocycles. The lowest BCUT2D eigenvalue weighted by atomic mass is 9.77. The molecule has 0 aromatic heterocycles. The molecule has 1 fully saturated rings. The SMILES string of the molecule is C/C=C/CCc1ccc(-c2ccc(C3CCC(CC)CC3)cc2F)cc1F. The normalized spacial score (nSPS) is 20.3. The van der Waals surface area contributed by atoms with E-state index in [1.165, 1.54) is 25.3 Å². The number of hydrogen-bond acceptors (Lipinski definition) is 0. The molecule has 0 saturated heterocycles. The Morgan fingerprint density at radius 3 is 2.37 bits per heavy atom. The highest BCUT2D eigenvalue weighted by Crippen LogP contribution is 2.38.